The second kappa shape index (κ2) is 11.0. The molecule has 3 aromatic carbocycles. The van der Waals surface area contributed by atoms with E-state index in [9.17, 15) is 14.4 Å². The molecule has 2 atom stereocenters. The van der Waals surface area contributed by atoms with Crippen molar-refractivity contribution in [3.05, 3.63) is 113 Å². The van der Waals surface area contributed by atoms with E-state index in [-0.39, 0.29) is 28.8 Å². The van der Waals surface area contributed by atoms with Gasteiger partial charge in [-0.25, -0.2) is 0 Å². The summed E-state index contributed by atoms with van der Waals surface area (Å²) in [5.41, 5.74) is 4.55. The number of carbonyl (C=O) groups excluding carboxylic acids is 3. The van der Waals surface area contributed by atoms with Gasteiger partial charge in [0.05, 0.1) is 6.42 Å². The number of carbonyl (C=O) groups is 3. The van der Waals surface area contributed by atoms with E-state index in [0.29, 0.717) is 28.7 Å². The largest absolute Gasteiger partial charge is 0.294 e. The van der Waals surface area contributed by atoms with Gasteiger partial charge in [0, 0.05) is 16.5 Å². The first-order valence-corrected chi connectivity index (χ1v) is 13.6. The standard InChI is InChI=1S/C18H18O2.C17H20O/c1-13(2)14-8-10-16(11-9-14)18(20)12-17(19)15-6-4-3-5-7-15;1-16(2)14-9-10-17(16,3)15(18)13(14)11-12-7-5-4-6-8-12/h3-11,13H,12H2,1-2H3;4-8,11,14H,9-10H2,1-3H3. The van der Waals surface area contributed by atoms with Gasteiger partial charge in [-0.2, -0.15) is 0 Å². The van der Waals surface area contributed by atoms with Gasteiger partial charge in [-0.1, -0.05) is 120 Å². The summed E-state index contributed by atoms with van der Waals surface area (Å²) in [6, 6.07) is 26.6. The molecule has 2 saturated carbocycles. The van der Waals surface area contributed by atoms with E-state index in [4.69, 9.17) is 0 Å². The molecular weight excluding hydrogens is 468 g/mol. The highest BCUT2D eigenvalue weighted by atomic mass is 16.1. The number of ketones is 3. The zero-order chi connectivity index (χ0) is 27.5. The molecule has 0 radical (unpaired) electrons. The molecule has 38 heavy (non-hydrogen) atoms. The fourth-order valence-electron chi connectivity index (χ4n) is 5.85. The van der Waals surface area contributed by atoms with Crippen molar-refractivity contribution in [2.45, 2.75) is 59.8 Å². The third-order valence-electron chi connectivity index (χ3n) is 8.80. The van der Waals surface area contributed by atoms with E-state index in [1.54, 1.807) is 36.4 Å². The van der Waals surface area contributed by atoms with Gasteiger partial charge in [-0.3, -0.25) is 14.4 Å². The number of rotatable bonds is 6. The number of benzene rings is 3. The molecule has 0 aromatic heterocycles. The van der Waals surface area contributed by atoms with Crippen molar-refractivity contribution in [2.75, 3.05) is 0 Å². The second-order valence-electron chi connectivity index (χ2n) is 11.7. The molecule has 0 N–H and O–H groups in total. The van der Waals surface area contributed by atoms with Gasteiger partial charge in [0.25, 0.3) is 0 Å². The fourth-order valence-corrected chi connectivity index (χ4v) is 5.85. The first-order chi connectivity index (χ1) is 18.0. The third-order valence-corrected chi connectivity index (χ3v) is 8.80. The normalized spacial score (nSPS) is 22.3. The number of hydrogen-bond acceptors (Lipinski definition) is 3. The lowest BCUT2D eigenvalue weighted by Gasteiger charge is -2.31. The minimum atomic E-state index is -0.141. The topological polar surface area (TPSA) is 51.2 Å². The Bertz CT molecular complexity index is 1330. The van der Waals surface area contributed by atoms with Crippen LogP contribution in [0.2, 0.25) is 0 Å². The Hall–Kier alpha value is -3.59. The lowest BCUT2D eigenvalue weighted by atomic mass is 9.70. The summed E-state index contributed by atoms with van der Waals surface area (Å²) in [6.45, 7) is 10.9. The van der Waals surface area contributed by atoms with Crippen LogP contribution < -0.4 is 0 Å². The molecule has 5 rings (SSSR count). The Labute approximate surface area is 227 Å². The molecule has 2 unspecified atom stereocenters. The number of allylic oxidation sites excluding steroid dienone is 1. The second-order valence-corrected chi connectivity index (χ2v) is 11.7. The van der Waals surface area contributed by atoms with Gasteiger partial charge in [0.2, 0.25) is 0 Å². The van der Waals surface area contributed by atoms with E-state index in [1.165, 1.54) is 5.56 Å². The van der Waals surface area contributed by atoms with E-state index in [2.05, 4.69) is 52.8 Å². The molecule has 3 aromatic rings. The molecule has 196 valence electrons. The van der Waals surface area contributed by atoms with Crippen molar-refractivity contribution < 1.29 is 14.4 Å². The summed E-state index contributed by atoms with van der Waals surface area (Å²) in [5.74, 6) is 0.991. The highest BCUT2D eigenvalue weighted by Gasteiger charge is 2.63. The summed E-state index contributed by atoms with van der Waals surface area (Å²) in [5, 5.41) is 0. The van der Waals surface area contributed by atoms with Crippen LogP contribution in [0.25, 0.3) is 6.08 Å². The molecule has 0 amide bonds. The third kappa shape index (κ3) is 5.34. The molecule has 0 spiro atoms. The first kappa shape index (κ1) is 27.4. The monoisotopic (exact) mass is 506 g/mol. The van der Waals surface area contributed by atoms with Crippen LogP contribution in [0.4, 0.5) is 0 Å². The van der Waals surface area contributed by atoms with Crippen LogP contribution in [-0.4, -0.2) is 17.3 Å². The van der Waals surface area contributed by atoms with E-state index >= 15 is 0 Å². The highest BCUT2D eigenvalue weighted by molar-refractivity contribution is 6.13. The van der Waals surface area contributed by atoms with Crippen molar-refractivity contribution in [2.24, 2.45) is 16.7 Å². The predicted molar refractivity (Wildman–Crippen MR) is 154 cm³/mol. The van der Waals surface area contributed by atoms with Gasteiger partial charge in [-0.05, 0) is 52.9 Å². The van der Waals surface area contributed by atoms with Crippen LogP contribution in [0.5, 0.6) is 0 Å². The summed E-state index contributed by atoms with van der Waals surface area (Å²) in [7, 11) is 0. The average Bonchev–Trinajstić information content (AvgIpc) is 3.23. The maximum Gasteiger partial charge on any atom is 0.170 e. The van der Waals surface area contributed by atoms with Crippen molar-refractivity contribution in [1.82, 2.24) is 0 Å². The average molecular weight is 507 g/mol. The van der Waals surface area contributed by atoms with Crippen LogP contribution in [0.3, 0.4) is 0 Å². The SMILES string of the molecule is CC(C)c1ccc(C(=O)CC(=O)c2ccccc2)cc1.CC12CCC(C(=Cc3ccccc3)C1=O)C2(C)C. The van der Waals surface area contributed by atoms with Gasteiger partial charge < -0.3 is 0 Å². The molecule has 2 aliphatic rings. The summed E-state index contributed by atoms with van der Waals surface area (Å²) >= 11 is 0. The summed E-state index contributed by atoms with van der Waals surface area (Å²) in [4.78, 5) is 36.7. The van der Waals surface area contributed by atoms with E-state index in [1.807, 2.05) is 36.4 Å². The zero-order valence-corrected chi connectivity index (χ0v) is 23.2. The maximum atomic E-state index is 12.6. The quantitative estimate of drug-likeness (QED) is 0.192. The Morgan fingerprint density at radius 3 is 1.84 bits per heavy atom. The first-order valence-electron chi connectivity index (χ1n) is 13.6. The van der Waals surface area contributed by atoms with Gasteiger partial charge >= 0.3 is 0 Å². The van der Waals surface area contributed by atoms with Gasteiger partial charge in [0.1, 0.15) is 0 Å². The number of Topliss-reactive ketones (excluding diaryl/α,β-unsaturated/α-hetero) is 3. The molecule has 0 saturated heterocycles. The van der Waals surface area contributed by atoms with Crippen LogP contribution in [-0.2, 0) is 4.79 Å². The van der Waals surface area contributed by atoms with Crippen molar-refractivity contribution >= 4 is 23.4 Å². The summed E-state index contributed by atoms with van der Waals surface area (Å²) in [6.07, 6.45) is 4.24. The zero-order valence-electron chi connectivity index (χ0n) is 23.2. The minimum Gasteiger partial charge on any atom is -0.294 e. The van der Waals surface area contributed by atoms with Crippen LogP contribution in [0.1, 0.15) is 91.6 Å². The molecule has 2 aliphatic carbocycles. The lowest BCUT2D eigenvalue weighted by Crippen LogP contribution is -2.32. The molecule has 0 aliphatic heterocycles. The van der Waals surface area contributed by atoms with Gasteiger partial charge in [0.15, 0.2) is 17.3 Å². The molecule has 2 bridgehead atoms. The fraction of sp³-hybridized carbons (Fsp3) is 0.343. The molecular formula is C35H38O3. The van der Waals surface area contributed by atoms with Crippen molar-refractivity contribution in [1.29, 1.82) is 0 Å². The van der Waals surface area contributed by atoms with E-state index in [0.717, 1.165) is 24.0 Å². The van der Waals surface area contributed by atoms with Crippen LogP contribution in [0.15, 0.2) is 90.5 Å². The molecule has 3 nitrogen and oxygen atoms in total. The minimum absolute atomic E-state index is 0.0783. The maximum absolute atomic E-state index is 12.6. The highest BCUT2D eigenvalue weighted by Crippen LogP contribution is 2.65. The van der Waals surface area contributed by atoms with Crippen molar-refractivity contribution in [3.63, 3.8) is 0 Å². The Morgan fingerprint density at radius 1 is 0.816 bits per heavy atom. The Balaban J connectivity index is 0.000000178. The predicted octanol–water partition coefficient (Wildman–Crippen LogP) is 8.36. The Morgan fingerprint density at radius 2 is 1.34 bits per heavy atom. The van der Waals surface area contributed by atoms with Gasteiger partial charge in [-0.15, -0.1) is 0 Å². The lowest BCUT2D eigenvalue weighted by molar-refractivity contribution is -0.125. The summed E-state index contributed by atoms with van der Waals surface area (Å²) < 4.78 is 0. The van der Waals surface area contributed by atoms with E-state index < -0.39 is 0 Å². The van der Waals surface area contributed by atoms with Crippen LogP contribution >= 0.6 is 0 Å². The number of hydrogen-bond donors (Lipinski definition) is 0. The van der Waals surface area contributed by atoms with Crippen LogP contribution in [0, 0.1) is 16.7 Å². The molecule has 2 fully saturated rings. The van der Waals surface area contributed by atoms with Crippen molar-refractivity contribution in [3.8, 4) is 0 Å². The molecule has 3 heteroatoms. The smallest absolute Gasteiger partial charge is 0.170 e. The number of fused-ring (bicyclic) bond motifs is 2. The Kier molecular flexibility index (Phi) is 7.97. The molecule has 0 heterocycles.